The molecule has 0 heterocycles. The highest BCUT2D eigenvalue weighted by Crippen LogP contribution is 2.26. The summed E-state index contributed by atoms with van der Waals surface area (Å²) in [6, 6.07) is 24.1. The predicted molar refractivity (Wildman–Crippen MR) is 92.0 cm³/mol. The zero-order valence-electron chi connectivity index (χ0n) is 12.6. The van der Waals surface area contributed by atoms with Gasteiger partial charge in [-0.3, -0.25) is 0 Å². The van der Waals surface area contributed by atoms with Crippen LogP contribution in [-0.2, 0) is 6.54 Å². The van der Waals surface area contributed by atoms with E-state index in [0.29, 0.717) is 12.3 Å². The molecule has 0 aromatic heterocycles. The second-order valence-electron chi connectivity index (χ2n) is 5.38. The molecule has 0 amide bonds. The highest BCUT2D eigenvalue weighted by Gasteiger charge is 2.04. The van der Waals surface area contributed by atoms with Gasteiger partial charge in [0.25, 0.3) is 0 Å². The van der Waals surface area contributed by atoms with Crippen LogP contribution in [0.25, 0.3) is 11.1 Å². The van der Waals surface area contributed by atoms with E-state index < -0.39 is 0 Å². The van der Waals surface area contributed by atoms with Crippen molar-refractivity contribution in [2.45, 2.75) is 13.5 Å². The monoisotopic (exact) mass is 289 g/mol. The van der Waals surface area contributed by atoms with Gasteiger partial charge in [0.15, 0.2) is 0 Å². The molecule has 0 unspecified atom stereocenters. The van der Waals surface area contributed by atoms with Gasteiger partial charge in [-0.1, -0.05) is 54.6 Å². The van der Waals surface area contributed by atoms with Crippen LogP contribution in [0.1, 0.15) is 11.1 Å². The number of nitrogens with one attached hydrogen (secondary N) is 1. The number of aromatic hydroxyl groups is 1. The Hall–Kier alpha value is -2.74. The lowest BCUT2D eigenvalue weighted by atomic mass is 10.00. The molecule has 0 saturated carbocycles. The van der Waals surface area contributed by atoms with Crippen molar-refractivity contribution in [1.82, 2.24) is 0 Å². The van der Waals surface area contributed by atoms with Crippen LogP contribution in [0.3, 0.4) is 0 Å². The van der Waals surface area contributed by atoms with Gasteiger partial charge in [0.1, 0.15) is 5.75 Å². The summed E-state index contributed by atoms with van der Waals surface area (Å²) < 4.78 is 0. The van der Waals surface area contributed by atoms with Gasteiger partial charge in [0, 0.05) is 17.8 Å². The molecule has 0 radical (unpaired) electrons. The number of hydrogen-bond acceptors (Lipinski definition) is 2. The first-order valence-corrected chi connectivity index (χ1v) is 7.41. The molecule has 0 fully saturated rings. The second kappa shape index (κ2) is 6.35. The molecule has 0 aliphatic heterocycles. The highest BCUT2D eigenvalue weighted by atomic mass is 16.3. The minimum absolute atomic E-state index is 0.327. The molecule has 3 aromatic carbocycles. The molecule has 0 spiro atoms. The fraction of sp³-hybridized carbons (Fsp3) is 0.100. The molecule has 0 atom stereocenters. The second-order valence-corrected chi connectivity index (χ2v) is 5.38. The Morgan fingerprint density at radius 1 is 0.864 bits per heavy atom. The first-order valence-electron chi connectivity index (χ1n) is 7.41. The zero-order chi connectivity index (χ0) is 15.4. The van der Waals surface area contributed by atoms with Crippen LogP contribution < -0.4 is 5.32 Å². The van der Waals surface area contributed by atoms with E-state index in [2.05, 4.69) is 54.7 Å². The SMILES string of the molecule is Cc1cc(NCc2ccccc2O)ccc1-c1ccccc1. The fourth-order valence-corrected chi connectivity index (χ4v) is 2.57. The van der Waals surface area contributed by atoms with Crippen LogP contribution in [0.5, 0.6) is 5.75 Å². The highest BCUT2D eigenvalue weighted by molar-refractivity contribution is 5.70. The summed E-state index contributed by atoms with van der Waals surface area (Å²) >= 11 is 0. The first kappa shape index (κ1) is 14.2. The van der Waals surface area contributed by atoms with Crippen molar-refractivity contribution in [3.63, 3.8) is 0 Å². The number of phenols is 1. The van der Waals surface area contributed by atoms with Gasteiger partial charge in [0.2, 0.25) is 0 Å². The predicted octanol–water partition coefficient (Wildman–Crippen LogP) is 4.98. The Labute approximate surface area is 131 Å². The summed E-state index contributed by atoms with van der Waals surface area (Å²) in [5, 5.41) is 13.2. The van der Waals surface area contributed by atoms with Crippen molar-refractivity contribution >= 4 is 5.69 Å². The van der Waals surface area contributed by atoms with Gasteiger partial charge in [-0.25, -0.2) is 0 Å². The van der Waals surface area contributed by atoms with Crippen LogP contribution >= 0.6 is 0 Å². The van der Waals surface area contributed by atoms with E-state index in [1.165, 1.54) is 16.7 Å². The molecular formula is C20H19NO. The maximum absolute atomic E-state index is 9.80. The van der Waals surface area contributed by atoms with Crippen LogP contribution in [0, 0.1) is 6.92 Å². The molecule has 2 nitrogen and oxygen atoms in total. The molecule has 0 bridgehead atoms. The van der Waals surface area contributed by atoms with Crippen LogP contribution in [0.15, 0.2) is 72.8 Å². The Morgan fingerprint density at radius 3 is 2.32 bits per heavy atom. The normalized spacial score (nSPS) is 10.4. The maximum atomic E-state index is 9.80. The van der Waals surface area contributed by atoms with E-state index in [-0.39, 0.29) is 0 Å². The van der Waals surface area contributed by atoms with E-state index in [1.807, 2.05) is 24.3 Å². The van der Waals surface area contributed by atoms with Crippen LogP contribution in [0.2, 0.25) is 0 Å². The van der Waals surface area contributed by atoms with Crippen LogP contribution in [0.4, 0.5) is 5.69 Å². The molecule has 110 valence electrons. The molecule has 0 aliphatic rings. The van der Waals surface area contributed by atoms with E-state index in [1.54, 1.807) is 6.07 Å². The third-order valence-corrected chi connectivity index (χ3v) is 3.79. The molecule has 22 heavy (non-hydrogen) atoms. The van der Waals surface area contributed by atoms with E-state index in [9.17, 15) is 5.11 Å². The third-order valence-electron chi connectivity index (χ3n) is 3.79. The average Bonchev–Trinajstić information content (AvgIpc) is 2.55. The Balaban J connectivity index is 1.77. The summed E-state index contributed by atoms with van der Waals surface area (Å²) in [6.07, 6.45) is 0. The molecule has 3 aromatic rings. The molecule has 2 heteroatoms. The van der Waals surface area contributed by atoms with Gasteiger partial charge >= 0.3 is 0 Å². The van der Waals surface area contributed by atoms with Gasteiger partial charge < -0.3 is 10.4 Å². The van der Waals surface area contributed by atoms with Crippen molar-refractivity contribution in [2.24, 2.45) is 0 Å². The van der Waals surface area contributed by atoms with Crippen molar-refractivity contribution in [2.75, 3.05) is 5.32 Å². The van der Waals surface area contributed by atoms with Crippen molar-refractivity contribution in [3.8, 4) is 16.9 Å². The third kappa shape index (κ3) is 3.12. The van der Waals surface area contributed by atoms with Gasteiger partial charge in [-0.2, -0.15) is 0 Å². The number of hydrogen-bond donors (Lipinski definition) is 2. The van der Waals surface area contributed by atoms with Crippen molar-refractivity contribution in [1.29, 1.82) is 0 Å². The number of phenolic OH excluding ortho intramolecular Hbond substituents is 1. The Bertz CT molecular complexity index is 766. The largest absolute Gasteiger partial charge is 0.508 e. The number of rotatable bonds is 4. The fourth-order valence-electron chi connectivity index (χ4n) is 2.57. The topological polar surface area (TPSA) is 32.3 Å². The van der Waals surface area contributed by atoms with E-state index >= 15 is 0 Å². The number of para-hydroxylation sites is 1. The summed E-state index contributed by atoms with van der Waals surface area (Å²) in [5.74, 6) is 0.327. The summed E-state index contributed by atoms with van der Waals surface area (Å²) in [6.45, 7) is 2.73. The van der Waals surface area contributed by atoms with E-state index in [4.69, 9.17) is 0 Å². The maximum Gasteiger partial charge on any atom is 0.120 e. The number of anilines is 1. The molecule has 0 saturated heterocycles. The molecular weight excluding hydrogens is 270 g/mol. The lowest BCUT2D eigenvalue weighted by molar-refractivity contribution is 0.469. The summed E-state index contributed by atoms with van der Waals surface area (Å²) in [7, 11) is 0. The van der Waals surface area contributed by atoms with E-state index in [0.717, 1.165) is 11.3 Å². The number of aryl methyl sites for hydroxylation is 1. The number of benzene rings is 3. The smallest absolute Gasteiger partial charge is 0.120 e. The standard InChI is InChI=1S/C20H19NO/c1-15-13-18(21-14-17-9-5-6-10-20(17)22)11-12-19(15)16-7-3-2-4-8-16/h2-13,21-22H,14H2,1H3. The van der Waals surface area contributed by atoms with Crippen molar-refractivity contribution in [3.05, 3.63) is 83.9 Å². The molecule has 3 rings (SSSR count). The van der Waals surface area contributed by atoms with Gasteiger partial charge in [0.05, 0.1) is 0 Å². The van der Waals surface area contributed by atoms with Gasteiger partial charge in [-0.05, 0) is 41.8 Å². The lowest BCUT2D eigenvalue weighted by Gasteiger charge is -2.11. The zero-order valence-corrected chi connectivity index (χ0v) is 12.6. The quantitative estimate of drug-likeness (QED) is 0.710. The minimum Gasteiger partial charge on any atom is -0.508 e. The van der Waals surface area contributed by atoms with Gasteiger partial charge in [-0.15, -0.1) is 0 Å². The summed E-state index contributed by atoms with van der Waals surface area (Å²) in [5.41, 5.74) is 5.65. The van der Waals surface area contributed by atoms with Crippen LogP contribution in [-0.4, -0.2) is 5.11 Å². The lowest BCUT2D eigenvalue weighted by Crippen LogP contribution is -2.00. The molecule has 2 N–H and O–H groups in total. The first-order chi connectivity index (χ1) is 10.7. The Kier molecular flexibility index (Phi) is 4.10. The molecule has 0 aliphatic carbocycles. The average molecular weight is 289 g/mol. The van der Waals surface area contributed by atoms with Crippen molar-refractivity contribution < 1.29 is 5.11 Å². The minimum atomic E-state index is 0.327. The summed E-state index contributed by atoms with van der Waals surface area (Å²) in [4.78, 5) is 0. The Morgan fingerprint density at radius 2 is 1.59 bits per heavy atom.